The van der Waals surface area contributed by atoms with Crippen LogP contribution in [0.4, 0.5) is 26.3 Å². The van der Waals surface area contributed by atoms with Crippen LogP contribution in [0.25, 0.3) is 11.1 Å². The number of carbonyl (C=O) groups is 2. The molecule has 0 spiro atoms. The monoisotopic (exact) mass is 602 g/mol. The van der Waals surface area contributed by atoms with Crippen molar-refractivity contribution < 1.29 is 35.9 Å². The van der Waals surface area contributed by atoms with E-state index in [0.717, 1.165) is 29.3 Å². The zero-order valence-corrected chi connectivity index (χ0v) is 22.8. The number of hydrogen-bond acceptors (Lipinski definition) is 4. The molecule has 0 saturated carbocycles. The topological polar surface area (TPSA) is 50.3 Å². The summed E-state index contributed by atoms with van der Waals surface area (Å²) in [6, 6.07) is 16.0. The molecule has 1 saturated heterocycles. The number of hydrogen-bond donors (Lipinski definition) is 0. The van der Waals surface area contributed by atoms with Gasteiger partial charge in [-0.2, -0.15) is 26.3 Å². The quantitative estimate of drug-likeness (QED) is 0.165. The van der Waals surface area contributed by atoms with E-state index in [-0.39, 0.29) is 29.7 Å². The lowest BCUT2D eigenvalue weighted by atomic mass is 9.94. The highest BCUT2D eigenvalue weighted by atomic mass is 32.1. The second-order valence-electron chi connectivity index (χ2n) is 10.1. The van der Waals surface area contributed by atoms with Crippen LogP contribution in [0.5, 0.6) is 0 Å². The van der Waals surface area contributed by atoms with Gasteiger partial charge in [0.15, 0.2) is 5.78 Å². The maximum Gasteiger partial charge on any atom is 0.416 e. The molecule has 1 aromatic heterocycles. The van der Waals surface area contributed by atoms with Crippen molar-refractivity contribution in [3.63, 3.8) is 0 Å². The second kappa shape index (κ2) is 11.7. The summed E-state index contributed by atoms with van der Waals surface area (Å²) in [5.41, 5.74) is 0.657. The molecule has 11 heteroatoms. The van der Waals surface area contributed by atoms with Gasteiger partial charge in [0.25, 0.3) is 5.91 Å². The summed E-state index contributed by atoms with van der Waals surface area (Å²) in [7, 11) is 0. The van der Waals surface area contributed by atoms with E-state index in [1.54, 1.807) is 34.5 Å². The van der Waals surface area contributed by atoms with Crippen molar-refractivity contribution in [2.24, 2.45) is 0 Å². The molecule has 0 aliphatic carbocycles. The number of halogens is 6. The third kappa shape index (κ3) is 6.56. The number of nitrogens with zero attached hydrogens (tertiary/aromatic N) is 2. The summed E-state index contributed by atoms with van der Waals surface area (Å²) in [6.45, 7) is 0.887. The molecule has 0 bridgehead atoms. The third-order valence-corrected chi connectivity index (χ3v) is 8.27. The van der Waals surface area contributed by atoms with E-state index in [2.05, 4.69) is 4.98 Å². The molecule has 42 heavy (non-hydrogen) atoms. The van der Waals surface area contributed by atoms with Gasteiger partial charge in [-0.3, -0.25) is 9.59 Å². The van der Waals surface area contributed by atoms with Crippen molar-refractivity contribution in [2.75, 3.05) is 13.1 Å². The van der Waals surface area contributed by atoms with Crippen LogP contribution in [-0.2, 0) is 18.8 Å². The van der Waals surface area contributed by atoms with E-state index < -0.39 is 23.5 Å². The van der Waals surface area contributed by atoms with E-state index >= 15 is 0 Å². The van der Waals surface area contributed by atoms with Gasteiger partial charge in [0.2, 0.25) is 0 Å². The minimum absolute atomic E-state index is 0.0387. The first-order valence-electron chi connectivity index (χ1n) is 13.1. The van der Waals surface area contributed by atoms with Crippen molar-refractivity contribution >= 4 is 23.0 Å². The Morgan fingerprint density at radius 3 is 1.98 bits per heavy atom. The van der Waals surface area contributed by atoms with E-state index in [1.165, 1.54) is 35.6 Å². The first-order chi connectivity index (χ1) is 19.9. The van der Waals surface area contributed by atoms with Crippen LogP contribution >= 0.6 is 11.3 Å². The van der Waals surface area contributed by atoms with Gasteiger partial charge in [-0.15, -0.1) is 11.3 Å². The van der Waals surface area contributed by atoms with Crippen LogP contribution in [0.1, 0.15) is 61.3 Å². The number of Topliss-reactive ketones (excluding diaryl/α,β-unsaturated/α-hetero) is 1. The number of amides is 1. The third-order valence-electron chi connectivity index (χ3n) is 7.27. The average Bonchev–Trinajstić information content (AvgIpc) is 3.47. The number of rotatable bonds is 6. The number of aromatic nitrogens is 1. The Balaban J connectivity index is 1.21. The van der Waals surface area contributed by atoms with Crippen LogP contribution in [0.3, 0.4) is 0 Å². The van der Waals surface area contributed by atoms with Crippen LogP contribution in [-0.4, -0.2) is 34.7 Å². The second-order valence-corrected chi connectivity index (χ2v) is 10.9. The van der Waals surface area contributed by atoms with E-state index in [9.17, 15) is 35.9 Å². The lowest BCUT2D eigenvalue weighted by molar-refractivity contribution is -0.138. The van der Waals surface area contributed by atoms with Gasteiger partial charge in [0.1, 0.15) is 5.69 Å². The summed E-state index contributed by atoms with van der Waals surface area (Å²) in [4.78, 5) is 32.4. The highest BCUT2D eigenvalue weighted by Gasteiger charge is 2.32. The molecule has 4 aromatic rings. The number of carbonyl (C=O) groups excluding carboxylic acids is 2. The maximum absolute atomic E-state index is 13.4. The number of ketones is 1. The Morgan fingerprint density at radius 1 is 0.810 bits per heavy atom. The molecule has 1 fully saturated rings. The molecule has 1 aliphatic heterocycles. The molecular weight excluding hydrogens is 578 g/mol. The number of thiazole rings is 1. The smallest absolute Gasteiger partial charge is 0.339 e. The molecule has 5 rings (SSSR count). The molecule has 4 nitrogen and oxygen atoms in total. The zero-order chi connectivity index (χ0) is 30.1. The standard InChI is InChI=1S/C31H24F6N2O2S/c32-30(33,34)22-9-5-19(6-10-22)17-27(40)26-18-42-28(38-26)21-13-15-39(16-14-21)29(41)25-4-2-1-3-24(25)20-7-11-23(12-8-20)31(35,36)37/h1-12,18,21H,13-17H2. The Bertz CT molecular complexity index is 1570. The zero-order valence-electron chi connectivity index (χ0n) is 22.0. The number of likely N-dealkylation sites (tertiary alicyclic amines) is 1. The minimum Gasteiger partial charge on any atom is -0.339 e. The highest BCUT2D eigenvalue weighted by molar-refractivity contribution is 7.09. The van der Waals surface area contributed by atoms with Gasteiger partial charge in [-0.05, 0) is 59.9 Å². The number of alkyl halides is 6. The van der Waals surface area contributed by atoms with E-state index in [4.69, 9.17) is 0 Å². The van der Waals surface area contributed by atoms with Crippen molar-refractivity contribution in [3.05, 3.63) is 111 Å². The fourth-order valence-electron chi connectivity index (χ4n) is 4.95. The van der Waals surface area contributed by atoms with E-state index in [0.29, 0.717) is 48.2 Å². The fraction of sp³-hybridized carbons (Fsp3) is 0.258. The SMILES string of the molecule is O=C(Cc1ccc(C(F)(F)F)cc1)c1csc(C2CCN(C(=O)c3ccccc3-c3ccc(C(F)(F)F)cc3)CC2)n1. The number of piperidine rings is 1. The fourth-order valence-corrected chi connectivity index (χ4v) is 5.95. The summed E-state index contributed by atoms with van der Waals surface area (Å²) in [6.07, 6.45) is -7.72. The summed E-state index contributed by atoms with van der Waals surface area (Å²) in [5.74, 6) is -0.461. The summed E-state index contributed by atoms with van der Waals surface area (Å²) >= 11 is 1.35. The van der Waals surface area contributed by atoms with Crippen molar-refractivity contribution in [1.29, 1.82) is 0 Å². The van der Waals surface area contributed by atoms with Crippen molar-refractivity contribution in [2.45, 2.75) is 37.5 Å². The Kier molecular flexibility index (Phi) is 8.23. The first-order valence-corrected chi connectivity index (χ1v) is 14.0. The Labute approximate surface area is 241 Å². The Hall–Kier alpha value is -3.99. The molecule has 218 valence electrons. The van der Waals surface area contributed by atoms with Gasteiger partial charge in [0, 0.05) is 36.4 Å². The molecule has 0 atom stereocenters. The normalized spacial score (nSPS) is 14.7. The molecule has 3 aromatic carbocycles. The summed E-state index contributed by atoms with van der Waals surface area (Å²) < 4.78 is 77.3. The van der Waals surface area contributed by atoms with Gasteiger partial charge in [-0.25, -0.2) is 4.98 Å². The number of benzene rings is 3. The van der Waals surface area contributed by atoms with Gasteiger partial charge in [-0.1, -0.05) is 42.5 Å². The molecule has 0 N–H and O–H groups in total. The van der Waals surface area contributed by atoms with Crippen molar-refractivity contribution in [3.8, 4) is 11.1 Å². The minimum atomic E-state index is -4.45. The van der Waals surface area contributed by atoms with Gasteiger partial charge in [0.05, 0.1) is 16.1 Å². The maximum atomic E-state index is 13.4. The molecule has 0 radical (unpaired) electrons. The lowest BCUT2D eigenvalue weighted by Gasteiger charge is -2.31. The summed E-state index contributed by atoms with van der Waals surface area (Å²) in [5, 5.41) is 2.42. The van der Waals surface area contributed by atoms with Gasteiger partial charge >= 0.3 is 12.4 Å². The predicted molar refractivity (Wildman–Crippen MR) is 146 cm³/mol. The van der Waals surface area contributed by atoms with Crippen LogP contribution in [0, 0.1) is 0 Å². The van der Waals surface area contributed by atoms with Crippen LogP contribution < -0.4 is 0 Å². The van der Waals surface area contributed by atoms with Crippen LogP contribution in [0.2, 0.25) is 0 Å². The molecule has 1 aliphatic rings. The average molecular weight is 603 g/mol. The largest absolute Gasteiger partial charge is 0.416 e. The van der Waals surface area contributed by atoms with Crippen molar-refractivity contribution in [1.82, 2.24) is 9.88 Å². The predicted octanol–water partition coefficient (Wildman–Crippen LogP) is 8.29. The molecular formula is C31H24F6N2O2S. The molecule has 2 heterocycles. The van der Waals surface area contributed by atoms with Crippen LogP contribution in [0.15, 0.2) is 78.2 Å². The van der Waals surface area contributed by atoms with Gasteiger partial charge < -0.3 is 4.90 Å². The first kappa shape index (κ1) is 29.5. The Morgan fingerprint density at radius 2 is 1.38 bits per heavy atom. The van der Waals surface area contributed by atoms with E-state index in [1.807, 2.05) is 0 Å². The lowest BCUT2D eigenvalue weighted by Crippen LogP contribution is -2.38. The highest BCUT2D eigenvalue weighted by Crippen LogP contribution is 2.34. The molecule has 1 amide bonds. The molecule has 0 unspecified atom stereocenters.